The van der Waals surface area contributed by atoms with Gasteiger partial charge < -0.3 is 14.8 Å². The van der Waals surface area contributed by atoms with Crippen LogP contribution in [0.15, 0.2) is 42.5 Å². The molecule has 4 heteroatoms. The first-order chi connectivity index (χ1) is 10.7. The standard InChI is InChI=1S/C18H17NO3/c1-12-9-15-16(22-11-21-15)10-14(12)19-17(20)18(7-8-18)13-5-3-2-4-6-13/h2-6,9-10H,7-8,11H2,1H3,(H,19,20). The van der Waals surface area contributed by atoms with Gasteiger partial charge in [0, 0.05) is 11.8 Å². The van der Waals surface area contributed by atoms with Crippen LogP contribution in [0.4, 0.5) is 5.69 Å². The van der Waals surface area contributed by atoms with Crippen LogP contribution in [0, 0.1) is 6.92 Å². The minimum Gasteiger partial charge on any atom is -0.454 e. The fourth-order valence-electron chi connectivity index (χ4n) is 2.95. The second-order valence-electron chi connectivity index (χ2n) is 5.92. The highest BCUT2D eigenvalue weighted by Crippen LogP contribution is 2.49. The number of carbonyl (C=O) groups excluding carboxylic acids is 1. The zero-order chi connectivity index (χ0) is 15.2. The Morgan fingerprint density at radius 3 is 2.45 bits per heavy atom. The third-order valence-electron chi connectivity index (χ3n) is 4.48. The molecule has 1 aliphatic heterocycles. The molecular weight excluding hydrogens is 278 g/mol. The Kier molecular flexibility index (Phi) is 2.86. The van der Waals surface area contributed by atoms with E-state index in [0.29, 0.717) is 5.75 Å². The number of carbonyl (C=O) groups is 1. The van der Waals surface area contributed by atoms with Gasteiger partial charge in [-0.05, 0) is 37.0 Å². The van der Waals surface area contributed by atoms with Crippen molar-refractivity contribution in [3.8, 4) is 11.5 Å². The van der Waals surface area contributed by atoms with Gasteiger partial charge in [-0.1, -0.05) is 30.3 Å². The van der Waals surface area contributed by atoms with Crippen LogP contribution in [0.2, 0.25) is 0 Å². The molecule has 4 rings (SSSR count). The van der Waals surface area contributed by atoms with Crippen LogP contribution in [0.1, 0.15) is 24.0 Å². The molecule has 1 fully saturated rings. The molecule has 0 atom stereocenters. The Morgan fingerprint density at radius 2 is 1.77 bits per heavy atom. The van der Waals surface area contributed by atoms with Gasteiger partial charge in [0.05, 0.1) is 5.41 Å². The molecule has 0 spiro atoms. The zero-order valence-electron chi connectivity index (χ0n) is 12.4. The number of hydrogen-bond donors (Lipinski definition) is 1. The molecule has 1 aliphatic carbocycles. The maximum absolute atomic E-state index is 12.8. The molecule has 112 valence electrons. The van der Waals surface area contributed by atoms with Crippen molar-refractivity contribution in [2.45, 2.75) is 25.2 Å². The fraction of sp³-hybridized carbons (Fsp3) is 0.278. The molecule has 1 amide bonds. The van der Waals surface area contributed by atoms with Crippen molar-refractivity contribution in [2.24, 2.45) is 0 Å². The van der Waals surface area contributed by atoms with E-state index in [4.69, 9.17) is 9.47 Å². The Hall–Kier alpha value is -2.49. The summed E-state index contributed by atoms with van der Waals surface area (Å²) in [5.74, 6) is 1.48. The van der Waals surface area contributed by atoms with Gasteiger partial charge in [0.2, 0.25) is 12.7 Å². The molecule has 0 unspecified atom stereocenters. The van der Waals surface area contributed by atoms with Gasteiger partial charge in [-0.15, -0.1) is 0 Å². The van der Waals surface area contributed by atoms with Crippen LogP contribution in [-0.2, 0) is 10.2 Å². The highest BCUT2D eigenvalue weighted by atomic mass is 16.7. The van der Waals surface area contributed by atoms with Crippen molar-refractivity contribution in [1.29, 1.82) is 0 Å². The average Bonchev–Trinajstić information content (AvgIpc) is 3.23. The summed E-state index contributed by atoms with van der Waals surface area (Å²) in [6.45, 7) is 2.19. The SMILES string of the molecule is Cc1cc2c(cc1NC(=O)C1(c3ccccc3)CC1)OCO2. The summed E-state index contributed by atoms with van der Waals surface area (Å²) in [7, 11) is 0. The Morgan fingerprint density at radius 1 is 1.09 bits per heavy atom. The first-order valence-electron chi connectivity index (χ1n) is 7.46. The number of rotatable bonds is 3. The number of hydrogen-bond acceptors (Lipinski definition) is 3. The maximum Gasteiger partial charge on any atom is 0.235 e. The smallest absolute Gasteiger partial charge is 0.235 e. The Bertz CT molecular complexity index is 735. The molecule has 0 bridgehead atoms. The predicted molar refractivity (Wildman–Crippen MR) is 83.3 cm³/mol. The van der Waals surface area contributed by atoms with Crippen LogP contribution in [0.25, 0.3) is 0 Å². The first kappa shape index (κ1) is 13.2. The van der Waals surface area contributed by atoms with E-state index in [-0.39, 0.29) is 18.1 Å². The number of aryl methyl sites for hydroxylation is 1. The first-order valence-corrected chi connectivity index (χ1v) is 7.46. The van der Waals surface area contributed by atoms with Crippen molar-refractivity contribution in [1.82, 2.24) is 0 Å². The monoisotopic (exact) mass is 295 g/mol. The van der Waals surface area contributed by atoms with Crippen LogP contribution in [0.3, 0.4) is 0 Å². The van der Waals surface area contributed by atoms with Gasteiger partial charge >= 0.3 is 0 Å². The number of nitrogens with one attached hydrogen (secondary N) is 1. The summed E-state index contributed by atoms with van der Waals surface area (Å²) >= 11 is 0. The minimum atomic E-state index is -0.371. The highest BCUT2D eigenvalue weighted by Gasteiger charge is 2.51. The number of fused-ring (bicyclic) bond motifs is 1. The predicted octanol–water partition coefficient (Wildman–Crippen LogP) is 3.39. The van der Waals surface area contributed by atoms with E-state index in [0.717, 1.165) is 35.4 Å². The molecule has 0 radical (unpaired) electrons. The summed E-state index contributed by atoms with van der Waals surface area (Å²) in [6, 6.07) is 13.7. The molecule has 1 N–H and O–H groups in total. The van der Waals surface area contributed by atoms with E-state index >= 15 is 0 Å². The maximum atomic E-state index is 12.8. The van der Waals surface area contributed by atoms with Crippen LogP contribution in [0.5, 0.6) is 11.5 Å². The van der Waals surface area contributed by atoms with E-state index in [1.807, 2.05) is 49.4 Å². The van der Waals surface area contributed by atoms with Gasteiger partial charge in [0.15, 0.2) is 11.5 Å². The quantitative estimate of drug-likeness (QED) is 0.944. The van der Waals surface area contributed by atoms with Crippen LogP contribution >= 0.6 is 0 Å². The normalized spacial score (nSPS) is 17.1. The average molecular weight is 295 g/mol. The molecule has 2 aliphatic rings. The lowest BCUT2D eigenvalue weighted by atomic mass is 9.95. The third kappa shape index (κ3) is 2.03. The number of amides is 1. The third-order valence-corrected chi connectivity index (χ3v) is 4.48. The van der Waals surface area contributed by atoms with Gasteiger partial charge in [-0.3, -0.25) is 4.79 Å². The molecule has 1 saturated carbocycles. The lowest BCUT2D eigenvalue weighted by Gasteiger charge is -2.17. The lowest BCUT2D eigenvalue weighted by molar-refractivity contribution is -0.118. The van der Waals surface area contributed by atoms with E-state index in [1.54, 1.807) is 0 Å². The second kappa shape index (κ2) is 4.77. The molecule has 1 heterocycles. The summed E-state index contributed by atoms with van der Waals surface area (Å²) in [5, 5.41) is 3.07. The molecule has 0 saturated heterocycles. The van der Waals surface area contributed by atoms with Gasteiger partial charge in [-0.2, -0.15) is 0 Å². The van der Waals surface area contributed by atoms with E-state index in [9.17, 15) is 4.79 Å². The highest BCUT2D eigenvalue weighted by molar-refractivity contribution is 6.02. The van der Waals surface area contributed by atoms with E-state index in [1.165, 1.54) is 0 Å². The van der Waals surface area contributed by atoms with Crippen molar-refractivity contribution in [2.75, 3.05) is 12.1 Å². The molecule has 0 aromatic heterocycles. The Balaban J connectivity index is 1.61. The van der Waals surface area contributed by atoms with Gasteiger partial charge in [0.1, 0.15) is 0 Å². The summed E-state index contributed by atoms with van der Waals surface area (Å²) < 4.78 is 10.7. The second-order valence-corrected chi connectivity index (χ2v) is 5.92. The van der Waals surface area contributed by atoms with Crippen molar-refractivity contribution < 1.29 is 14.3 Å². The van der Waals surface area contributed by atoms with E-state index in [2.05, 4.69) is 5.32 Å². The molecule has 2 aromatic rings. The summed E-state index contributed by atoms with van der Waals surface area (Å²) in [6.07, 6.45) is 1.79. The number of anilines is 1. The summed E-state index contributed by atoms with van der Waals surface area (Å²) in [5.41, 5.74) is 2.48. The lowest BCUT2D eigenvalue weighted by Crippen LogP contribution is -2.28. The minimum absolute atomic E-state index is 0.0562. The molecule has 4 nitrogen and oxygen atoms in total. The molecule has 22 heavy (non-hydrogen) atoms. The number of benzene rings is 2. The topological polar surface area (TPSA) is 47.6 Å². The van der Waals surface area contributed by atoms with Crippen molar-refractivity contribution in [3.63, 3.8) is 0 Å². The number of ether oxygens (including phenoxy) is 2. The summed E-state index contributed by atoms with van der Waals surface area (Å²) in [4.78, 5) is 12.8. The van der Waals surface area contributed by atoms with Crippen molar-refractivity contribution >= 4 is 11.6 Å². The fourth-order valence-corrected chi connectivity index (χ4v) is 2.95. The van der Waals surface area contributed by atoms with Crippen molar-refractivity contribution in [3.05, 3.63) is 53.6 Å². The zero-order valence-corrected chi connectivity index (χ0v) is 12.4. The van der Waals surface area contributed by atoms with Crippen LogP contribution in [-0.4, -0.2) is 12.7 Å². The molecular formula is C18H17NO3. The van der Waals surface area contributed by atoms with Gasteiger partial charge in [-0.25, -0.2) is 0 Å². The van der Waals surface area contributed by atoms with Crippen LogP contribution < -0.4 is 14.8 Å². The van der Waals surface area contributed by atoms with Gasteiger partial charge in [0.25, 0.3) is 0 Å². The van der Waals surface area contributed by atoms with E-state index < -0.39 is 0 Å². The largest absolute Gasteiger partial charge is 0.454 e. The Labute approximate surface area is 129 Å². The molecule has 2 aromatic carbocycles.